The largest absolute Gasteiger partial charge is 0.507 e. The number of anilines is 1. The molecule has 0 atom stereocenters. The summed E-state index contributed by atoms with van der Waals surface area (Å²) in [4.78, 5) is 14.1. The molecule has 0 spiro atoms. The Morgan fingerprint density at radius 1 is 1.18 bits per heavy atom. The van der Waals surface area contributed by atoms with Gasteiger partial charge in [0.1, 0.15) is 5.75 Å². The summed E-state index contributed by atoms with van der Waals surface area (Å²) in [6.07, 6.45) is -4.57. The van der Waals surface area contributed by atoms with Gasteiger partial charge in [0.25, 0.3) is 5.91 Å². The summed E-state index contributed by atoms with van der Waals surface area (Å²) in [6, 6.07) is 7.93. The van der Waals surface area contributed by atoms with Gasteiger partial charge in [-0.1, -0.05) is 17.7 Å². The molecular formula is C19H18ClF3N2O3. The highest BCUT2D eigenvalue weighted by molar-refractivity contribution is 6.31. The average Bonchev–Trinajstić information content (AvgIpc) is 2.68. The SMILES string of the molecule is O=C(NCc1ccc(N2CCOCC2)cc1C(F)(F)F)c1cc(Cl)ccc1O. The third-order valence-electron chi connectivity index (χ3n) is 4.42. The average molecular weight is 415 g/mol. The highest BCUT2D eigenvalue weighted by Crippen LogP contribution is 2.35. The van der Waals surface area contributed by atoms with Crippen molar-refractivity contribution in [2.45, 2.75) is 12.7 Å². The lowest BCUT2D eigenvalue weighted by Gasteiger charge is -2.29. The van der Waals surface area contributed by atoms with Gasteiger partial charge in [-0.25, -0.2) is 0 Å². The van der Waals surface area contributed by atoms with Crippen molar-refractivity contribution in [2.75, 3.05) is 31.2 Å². The molecule has 5 nitrogen and oxygen atoms in total. The van der Waals surface area contributed by atoms with Crippen molar-refractivity contribution in [3.63, 3.8) is 0 Å². The number of carbonyl (C=O) groups excluding carboxylic acids is 1. The summed E-state index contributed by atoms with van der Waals surface area (Å²) in [5.41, 5.74) is -0.532. The number of phenolic OH excluding ortho intramolecular Hbond substituents is 1. The highest BCUT2D eigenvalue weighted by atomic mass is 35.5. The van der Waals surface area contributed by atoms with Crippen molar-refractivity contribution in [1.29, 1.82) is 0 Å². The topological polar surface area (TPSA) is 61.8 Å². The fraction of sp³-hybridized carbons (Fsp3) is 0.316. The van der Waals surface area contributed by atoms with E-state index in [4.69, 9.17) is 16.3 Å². The molecule has 28 heavy (non-hydrogen) atoms. The Morgan fingerprint density at radius 3 is 2.57 bits per heavy atom. The van der Waals surface area contributed by atoms with Crippen LogP contribution in [0.5, 0.6) is 5.75 Å². The Kier molecular flexibility index (Phi) is 6.00. The molecule has 2 N–H and O–H groups in total. The normalized spacial score (nSPS) is 14.8. The van der Waals surface area contributed by atoms with Crippen molar-refractivity contribution in [1.82, 2.24) is 5.32 Å². The van der Waals surface area contributed by atoms with E-state index in [2.05, 4.69) is 5.32 Å². The number of carbonyl (C=O) groups is 1. The number of nitrogens with one attached hydrogen (secondary N) is 1. The number of morpholine rings is 1. The summed E-state index contributed by atoms with van der Waals surface area (Å²) < 4.78 is 45.9. The van der Waals surface area contributed by atoms with Crippen LogP contribution >= 0.6 is 11.6 Å². The Bertz CT molecular complexity index is 868. The summed E-state index contributed by atoms with van der Waals surface area (Å²) in [5, 5.41) is 12.4. The third-order valence-corrected chi connectivity index (χ3v) is 4.65. The van der Waals surface area contributed by atoms with E-state index in [1.54, 1.807) is 6.07 Å². The maximum atomic E-state index is 13.5. The second-order valence-corrected chi connectivity index (χ2v) is 6.72. The Balaban J connectivity index is 1.80. The number of amides is 1. The van der Waals surface area contributed by atoms with Crippen LogP contribution in [0, 0.1) is 0 Å². The number of ether oxygens (including phenoxy) is 1. The molecule has 0 bridgehead atoms. The van der Waals surface area contributed by atoms with Gasteiger partial charge in [0.2, 0.25) is 0 Å². The van der Waals surface area contributed by atoms with Crippen molar-refractivity contribution in [3.8, 4) is 5.75 Å². The predicted molar refractivity (Wildman–Crippen MR) is 98.8 cm³/mol. The van der Waals surface area contributed by atoms with Crippen LogP contribution in [0.25, 0.3) is 0 Å². The number of alkyl halides is 3. The van der Waals surface area contributed by atoms with Crippen molar-refractivity contribution in [3.05, 3.63) is 58.1 Å². The first-order valence-electron chi connectivity index (χ1n) is 8.55. The zero-order valence-corrected chi connectivity index (χ0v) is 15.5. The summed E-state index contributed by atoms with van der Waals surface area (Å²) in [7, 11) is 0. The van der Waals surface area contributed by atoms with E-state index < -0.39 is 17.6 Å². The second kappa shape index (κ2) is 8.28. The maximum absolute atomic E-state index is 13.5. The van der Waals surface area contributed by atoms with Crippen molar-refractivity contribution >= 4 is 23.2 Å². The number of rotatable bonds is 4. The zero-order chi connectivity index (χ0) is 20.3. The Hall–Kier alpha value is -2.45. The molecule has 3 rings (SSSR count). The zero-order valence-electron chi connectivity index (χ0n) is 14.7. The lowest BCUT2D eigenvalue weighted by Crippen LogP contribution is -2.36. The molecule has 0 saturated carbocycles. The van der Waals surface area contributed by atoms with Crippen molar-refractivity contribution < 1.29 is 27.8 Å². The van der Waals surface area contributed by atoms with Gasteiger partial charge in [-0.3, -0.25) is 4.79 Å². The van der Waals surface area contributed by atoms with Crippen LogP contribution in [0.4, 0.5) is 18.9 Å². The van der Waals surface area contributed by atoms with Gasteiger partial charge in [0.15, 0.2) is 0 Å². The molecule has 150 valence electrons. The lowest BCUT2D eigenvalue weighted by molar-refractivity contribution is -0.138. The molecule has 1 aliphatic rings. The number of nitrogens with zero attached hydrogens (tertiary/aromatic N) is 1. The van der Waals surface area contributed by atoms with E-state index in [1.165, 1.54) is 24.3 Å². The van der Waals surface area contributed by atoms with Crippen LogP contribution in [-0.4, -0.2) is 37.3 Å². The van der Waals surface area contributed by atoms with Crippen LogP contribution in [0.3, 0.4) is 0 Å². The first-order chi connectivity index (χ1) is 13.3. The molecule has 1 amide bonds. The smallest absolute Gasteiger partial charge is 0.416 e. The Morgan fingerprint density at radius 2 is 1.89 bits per heavy atom. The quantitative estimate of drug-likeness (QED) is 0.798. The van der Waals surface area contributed by atoms with E-state index in [-0.39, 0.29) is 28.4 Å². The van der Waals surface area contributed by atoms with E-state index in [0.29, 0.717) is 32.0 Å². The molecule has 0 aromatic heterocycles. The van der Waals surface area contributed by atoms with E-state index in [9.17, 15) is 23.1 Å². The number of aromatic hydroxyl groups is 1. The van der Waals surface area contributed by atoms with Gasteiger partial charge in [0, 0.05) is 30.3 Å². The third kappa shape index (κ3) is 4.69. The molecule has 1 aliphatic heterocycles. The van der Waals surface area contributed by atoms with Gasteiger partial charge in [0.05, 0.1) is 24.3 Å². The standard InChI is InChI=1S/C19H18ClF3N2O3/c20-13-2-4-17(26)15(9-13)18(27)24-11-12-1-3-14(10-16(12)19(21,22)23)25-5-7-28-8-6-25/h1-4,9-10,26H,5-8,11H2,(H,24,27). The fourth-order valence-corrected chi connectivity index (χ4v) is 3.13. The minimum Gasteiger partial charge on any atom is -0.507 e. The lowest BCUT2D eigenvalue weighted by atomic mass is 10.0. The maximum Gasteiger partial charge on any atom is 0.416 e. The molecular weight excluding hydrogens is 397 g/mol. The summed E-state index contributed by atoms with van der Waals surface area (Å²) in [6.45, 7) is 1.61. The number of halogens is 4. The van der Waals surface area contributed by atoms with Gasteiger partial charge in [-0.15, -0.1) is 0 Å². The first-order valence-corrected chi connectivity index (χ1v) is 8.93. The molecule has 1 saturated heterocycles. The Labute approximate surface area is 164 Å². The number of phenols is 1. The molecule has 1 heterocycles. The van der Waals surface area contributed by atoms with Crippen molar-refractivity contribution in [2.24, 2.45) is 0 Å². The number of hydrogen-bond acceptors (Lipinski definition) is 4. The minimum atomic E-state index is -4.57. The molecule has 9 heteroatoms. The van der Waals surface area contributed by atoms with Gasteiger partial charge in [-0.2, -0.15) is 13.2 Å². The molecule has 0 radical (unpaired) electrons. The van der Waals surface area contributed by atoms with Crippen LogP contribution in [0.1, 0.15) is 21.5 Å². The van der Waals surface area contributed by atoms with E-state index in [1.807, 2.05) is 4.90 Å². The van der Waals surface area contributed by atoms with Gasteiger partial charge in [-0.05, 0) is 35.9 Å². The van der Waals surface area contributed by atoms with Crippen LogP contribution in [0.2, 0.25) is 5.02 Å². The molecule has 1 fully saturated rings. The second-order valence-electron chi connectivity index (χ2n) is 6.28. The molecule has 0 aliphatic carbocycles. The minimum absolute atomic E-state index is 0.0700. The monoisotopic (exact) mass is 414 g/mol. The summed E-state index contributed by atoms with van der Waals surface area (Å²) >= 11 is 5.80. The molecule has 2 aromatic carbocycles. The van der Waals surface area contributed by atoms with Crippen LogP contribution in [0.15, 0.2) is 36.4 Å². The highest BCUT2D eigenvalue weighted by Gasteiger charge is 2.34. The van der Waals surface area contributed by atoms with Gasteiger partial charge < -0.3 is 20.1 Å². The van der Waals surface area contributed by atoms with Gasteiger partial charge >= 0.3 is 6.18 Å². The fourth-order valence-electron chi connectivity index (χ4n) is 2.96. The van der Waals surface area contributed by atoms with Crippen LogP contribution < -0.4 is 10.2 Å². The number of hydrogen-bond donors (Lipinski definition) is 2. The molecule has 0 unspecified atom stereocenters. The first kappa shape index (κ1) is 20.3. The molecule has 2 aromatic rings. The predicted octanol–water partition coefficient (Wildman–Crippen LogP) is 3.83. The van der Waals surface area contributed by atoms with Crippen LogP contribution in [-0.2, 0) is 17.5 Å². The van der Waals surface area contributed by atoms with E-state index >= 15 is 0 Å². The summed E-state index contributed by atoms with van der Waals surface area (Å²) in [5.74, 6) is -1.02. The number of benzene rings is 2. The van der Waals surface area contributed by atoms with E-state index in [0.717, 1.165) is 6.07 Å².